The van der Waals surface area contributed by atoms with Crippen molar-refractivity contribution in [1.82, 2.24) is 14.5 Å². The maximum Gasteiger partial charge on any atom is 0.338 e. The number of esters is 1. The lowest BCUT2D eigenvalue weighted by Gasteiger charge is -2.28. The molecule has 0 saturated carbocycles. The second-order valence-electron chi connectivity index (χ2n) is 7.36. The number of hydrogen-bond acceptors (Lipinski definition) is 5. The van der Waals surface area contributed by atoms with Crippen molar-refractivity contribution in [3.63, 3.8) is 0 Å². The first kappa shape index (κ1) is 19.8. The monoisotopic (exact) mass is 405 g/mol. The van der Waals surface area contributed by atoms with Crippen molar-refractivity contribution in [1.29, 1.82) is 0 Å². The molecule has 7 nitrogen and oxygen atoms in total. The summed E-state index contributed by atoms with van der Waals surface area (Å²) in [5, 5.41) is 0. The molecule has 1 aliphatic heterocycles. The molecule has 154 valence electrons. The third kappa shape index (κ3) is 3.70. The van der Waals surface area contributed by atoms with Gasteiger partial charge in [0.1, 0.15) is 5.69 Å². The summed E-state index contributed by atoms with van der Waals surface area (Å²) in [7, 11) is 0. The number of rotatable bonds is 4. The Morgan fingerprint density at radius 2 is 1.90 bits per heavy atom. The minimum atomic E-state index is -0.587. The fraction of sp³-hybridized carbons (Fsp3) is 0.304. The van der Waals surface area contributed by atoms with Crippen LogP contribution in [0.2, 0.25) is 0 Å². The maximum absolute atomic E-state index is 12.5. The first-order valence-corrected chi connectivity index (χ1v) is 10.0. The van der Waals surface area contributed by atoms with Gasteiger partial charge in [-0.3, -0.25) is 9.59 Å². The summed E-state index contributed by atoms with van der Waals surface area (Å²) in [4.78, 5) is 43.2. The van der Waals surface area contributed by atoms with Crippen LogP contribution in [0.25, 0.3) is 11.0 Å². The number of aromatic nitrogens is 2. The second kappa shape index (κ2) is 8.10. The molecule has 0 radical (unpaired) electrons. The van der Waals surface area contributed by atoms with Crippen LogP contribution in [-0.2, 0) is 29.0 Å². The highest BCUT2D eigenvalue weighted by Gasteiger charge is 2.22. The molecule has 0 bridgehead atoms. The van der Waals surface area contributed by atoms with E-state index in [0.717, 1.165) is 12.0 Å². The van der Waals surface area contributed by atoms with Gasteiger partial charge in [-0.1, -0.05) is 24.3 Å². The smallest absolute Gasteiger partial charge is 0.338 e. The van der Waals surface area contributed by atoms with Crippen LogP contribution in [0, 0.1) is 6.92 Å². The lowest BCUT2D eigenvalue weighted by atomic mass is 10.00. The predicted molar refractivity (Wildman–Crippen MR) is 112 cm³/mol. The molecule has 0 N–H and O–H groups in total. The number of aryl methyl sites for hydroxylation is 2. The molecule has 0 aliphatic carbocycles. The number of fused-ring (bicyclic) bond motifs is 2. The van der Waals surface area contributed by atoms with Gasteiger partial charge in [-0.2, -0.15) is 0 Å². The summed E-state index contributed by atoms with van der Waals surface area (Å²) < 4.78 is 6.88. The predicted octanol–water partition coefficient (Wildman–Crippen LogP) is 2.47. The van der Waals surface area contributed by atoms with E-state index >= 15 is 0 Å². The van der Waals surface area contributed by atoms with E-state index < -0.39 is 5.97 Å². The summed E-state index contributed by atoms with van der Waals surface area (Å²) in [6, 6.07) is 12.9. The summed E-state index contributed by atoms with van der Waals surface area (Å²) in [6.45, 7) is 4.87. The van der Waals surface area contributed by atoms with Crippen molar-refractivity contribution in [3.8, 4) is 0 Å². The van der Waals surface area contributed by atoms with E-state index in [1.807, 2.05) is 25.1 Å². The van der Waals surface area contributed by atoms with Gasteiger partial charge in [-0.25, -0.2) is 9.78 Å². The fourth-order valence-corrected chi connectivity index (χ4v) is 3.83. The zero-order valence-corrected chi connectivity index (χ0v) is 17.1. The molecule has 1 aromatic heterocycles. The Hall–Kier alpha value is -3.48. The molecule has 7 heteroatoms. The first-order chi connectivity index (χ1) is 14.5. The Bertz CT molecular complexity index is 1200. The number of nitrogens with zero attached hydrogens (tertiary/aromatic N) is 3. The van der Waals surface area contributed by atoms with Crippen molar-refractivity contribution < 1.29 is 14.3 Å². The van der Waals surface area contributed by atoms with Crippen LogP contribution in [0.1, 0.15) is 34.1 Å². The molecule has 0 fully saturated rings. The first-order valence-electron chi connectivity index (χ1n) is 10.0. The standard InChI is InChI=1S/C23H23N3O4/c1-3-26-20-9-8-17(12-19(20)24-15(2)22(26)28)23(29)30-14-21(27)25-11-10-16-6-4-5-7-18(16)13-25/h4-9,12H,3,10-11,13-14H2,1-2H3. The zero-order chi connectivity index (χ0) is 21.3. The van der Waals surface area contributed by atoms with Crippen LogP contribution in [0.4, 0.5) is 0 Å². The molecular weight excluding hydrogens is 382 g/mol. The quantitative estimate of drug-likeness (QED) is 0.623. The van der Waals surface area contributed by atoms with Crippen LogP contribution in [0.15, 0.2) is 47.3 Å². The van der Waals surface area contributed by atoms with Gasteiger partial charge in [0, 0.05) is 19.6 Å². The molecule has 30 heavy (non-hydrogen) atoms. The van der Waals surface area contributed by atoms with Crippen LogP contribution >= 0.6 is 0 Å². The highest BCUT2D eigenvalue weighted by atomic mass is 16.5. The average Bonchev–Trinajstić information content (AvgIpc) is 2.77. The van der Waals surface area contributed by atoms with Gasteiger partial charge in [0.15, 0.2) is 6.61 Å². The van der Waals surface area contributed by atoms with Crippen LogP contribution in [0.3, 0.4) is 0 Å². The summed E-state index contributed by atoms with van der Waals surface area (Å²) in [6.07, 6.45) is 0.796. The number of carbonyl (C=O) groups excluding carboxylic acids is 2. The molecule has 0 atom stereocenters. The zero-order valence-electron chi connectivity index (χ0n) is 17.1. The summed E-state index contributed by atoms with van der Waals surface area (Å²) in [5.41, 5.74) is 4.11. The van der Waals surface area contributed by atoms with Crippen LogP contribution < -0.4 is 5.56 Å². The van der Waals surface area contributed by atoms with E-state index in [4.69, 9.17) is 4.74 Å². The third-order valence-electron chi connectivity index (χ3n) is 5.47. The number of hydrogen-bond donors (Lipinski definition) is 0. The Kier molecular flexibility index (Phi) is 5.35. The number of carbonyl (C=O) groups is 2. The molecule has 0 unspecified atom stereocenters. The van der Waals surface area contributed by atoms with E-state index in [1.54, 1.807) is 34.6 Å². The van der Waals surface area contributed by atoms with Gasteiger partial charge < -0.3 is 14.2 Å². The number of benzene rings is 2. The maximum atomic E-state index is 12.5. The largest absolute Gasteiger partial charge is 0.452 e. The third-order valence-corrected chi connectivity index (χ3v) is 5.47. The van der Waals surface area contributed by atoms with E-state index in [9.17, 15) is 14.4 Å². The molecule has 1 aliphatic rings. The lowest BCUT2D eigenvalue weighted by Crippen LogP contribution is -2.38. The van der Waals surface area contributed by atoms with Crippen molar-refractivity contribution in [3.05, 3.63) is 75.2 Å². The Balaban J connectivity index is 1.45. The van der Waals surface area contributed by atoms with E-state index in [1.165, 1.54) is 5.56 Å². The minimum absolute atomic E-state index is 0.144. The normalized spacial score (nSPS) is 13.2. The van der Waals surface area contributed by atoms with Crippen molar-refractivity contribution >= 4 is 22.9 Å². The Morgan fingerprint density at radius 1 is 1.13 bits per heavy atom. The summed E-state index contributed by atoms with van der Waals surface area (Å²) in [5.74, 6) is -0.802. The molecular formula is C23H23N3O4. The molecule has 3 aromatic rings. The molecule has 1 amide bonds. The molecule has 0 spiro atoms. The van der Waals surface area contributed by atoms with Gasteiger partial charge in [0.25, 0.3) is 11.5 Å². The van der Waals surface area contributed by atoms with E-state index in [0.29, 0.717) is 41.9 Å². The minimum Gasteiger partial charge on any atom is -0.452 e. The van der Waals surface area contributed by atoms with Gasteiger partial charge in [0.2, 0.25) is 0 Å². The van der Waals surface area contributed by atoms with Gasteiger partial charge in [-0.05, 0) is 49.6 Å². The van der Waals surface area contributed by atoms with E-state index in [-0.39, 0.29) is 18.1 Å². The average molecular weight is 405 g/mol. The van der Waals surface area contributed by atoms with Crippen molar-refractivity contribution in [2.45, 2.75) is 33.4 Å². The van der Waals surface area contributed by atoms with Crippen molar-refractivity contribution in [2.24, 2.45) is 0 Å². The Labute approximate surface area is 173 Å². The lowest BCUT2D eigenvalue weighted by molar-refractivity contribution is -0.135. The second-order valence-corrected chi connectivity index (χ2v) is 7.36. The summed E-state index contributed by atoms with van der Waals surface area (Å²) >= 11 is 0. The molecule has 2 aromatic carbocycles. The topological polar surface area (TPSA) is 81.5 Å². The highest BCUT2D eigenvalue weighted by Crippen LogP contribution is 2.19. The van der Waals surface area contributed by atoms with Gasteiger partial charge in [-0.15, -0.1) is 0 Å². The Morgan fingerprint density at radius 3 is 2.67 bits per heavy atom. The SMILES string of the molecule is CCn1c(=O)c(C)nc2cc(C(=O)OCC(=O)N3CCc4ccccc4C3)ccc21. The van der Waals surface area contributed by atoms with Crippen LogP contribution in [0.5, 0.6) is 0 Å². The van der Waals surface area contributed by atoms with Gasteiger partial charge >= 0.3 is 5.97 Å². The fourth-order valence-electron chi connectivity index (χ4n) is 3.83. The number of ether oxygens (including phenoxy) is 1. The number of amides is 1. The van der Waals surface area contributed by atoms with Crippen LogP contribution in [-0.4, -0.2) is 39.5 Å². The van der Waals surface area contributed by atoms with Gasteiger partial charge in [0.05, 0.1) is 16.6 Å². The van der Waals surface area contributed by atoms with Crippen molar-refractivity contribution in [2.75, 3.05) is 13.2 Å². The molecule has 0 saturated heterocycles. The highest BCUT2D eigenvalue weighted by molar-refractivity contribution is 5.94. The molecule has 2 heterocycles. The van der Waals surface area contributed by atoms with E-state index in [2.05, 4.69) is 11.1 Å². The molecule has 4 rings (SSSR count).